The van der Waals surface area contributed by atoms with Crippen molar-refractivity contribution in [1.29, 1.82) is 0 Å². The van der Waals surface area contributed by atoms with Crippen molar-refractivity contribution in [3.63, 3.8) is 0 Å². The van der Waals surface area contributed by atoms with Gasteiger partial charge in [0.1, 0.15) is 6.10 Å². The lowest BCUT2D eigenvalue weighted by Crippen LogP contribution is -2.44. The molecule has 2 aromatic carbocycles. The molecule has 2 aliphatic heterocycles. The van der Waals surface area contributed by atoms with Gasteiger partial charge in [-0.15, -0.1) is 0 Å². The third kappa shape index (κ3) is 4.49. The van der Waals surface area contributed by atoms with Gasteiger partial charge >= 0.3 is 0 Å². The second kappa shape index (κ2) is 9.53. The normalized spacial score (nSPS) is 19.6. The highest BCUT2D eigenvalue weighted by Gasteiger charge is 2.30. The minimum atomic E-state index is -0.680. The number of hydrogen-bond donors (Lipinski definition) is 3. The van der Waals surface area contributed by atoms with Crippen LogP contribution in [-0.4, -0.2) is 60.1 Å². The van der Waals surface area contributed by atoms with Crippen LogP contribution in [0.5, 0.6) is 0 Å². The van der Waals surface area contributed by atoms with E-state index in [1.165, 1.54) is 0 Å². The Bertz CT molecular complexity index is 1020. The quantitative estimate of drug-likeness (QED) is 0.508. The van der Waals surface area contributed by atoms with Crippen molar-refractivity contribution in [2.75, 3.05) is 18.9 Å². The van der Waals surface area contributed by atoms with E-state index in [1.54, 1.807) is 12.1 Å². The van der Waals surface area contributed by atoms with E-state index in [4.69, 9.17) is 0 Å². The molecule has 2 amide bonds. The first kappa shape index (κ1) is 22.2. The van der Waals surface area contributed by atoms with Crippen molar-refractivity contribution >= 4 is 35.6 Å². The number of rotatable bonds is 5. The number of aliphatic hydroxyl groups is 1. The molecule has 3 N–H and O–H groups in total. The van der Waals surface area contributed by atoms with E-state index in [0.29, 0.717) is 41.2 Å². The van der Waals surface area contributed by atoms with E-state index < -0.39 is 17.9 Å². The third-order valence-electron chi connectivity index (χ3n) is 5.23. The molecule has 2 aromatic rings. The number of imide groups is 1. The van der Waals surface area contributed by atoms with Gasteiger partial charge in [-0.25, -0.2) is 0 Å². The summed E-state index contributed by atoms with van der Waals surface area (Å²) in [7, 11) is 1.86. The Kier molecular flexibility index (Phi) is 6.81. The number of carbonyl (C=O) groups excluding carboxylic acids is 2. The highest BCUT2D eigenvalue weighted by molar-refractivity contribution is 6.22. The molecule has 2 heterocycles. The first-order valence-corrected chi connectivity index (χ1v) is 10.3. The zero-order valence-corrected chi connectivity index (χ0v) is 17.9. The lowest BCUT2D eigenvalue weighted by atomic mass is 9.97. The smallest absolute Gasteiger partial charge is 0.259 e. The highest BCUT2D eigenvalue weighted by atomic mass is 16.3. The summed E-state index contributed by atoms with van der Waals surface area (Å²) >= 11 is 0. The first-order chi connectivity index (χ1) is 15.0. The van der Waals surface area contributed by atoms with Gasteiger partial charge in [0, 0.05) is 25.6 Å². The molecule has 0 bridgehead atoms. The van der Waals surface area contributed by atoms with Crippen molar-refractivity contribution in [3.05, 3.63) is 59.2 Å². The highest BCUT2D eigenvalue weighted by Crippen LogP contribution is 2.31. The van der Waals surface area contributed by atoms with Gasteiger partial charge < -0.3 is 10.4 Å². The topological polar surface area (TPSA) is 106 Å². The van der Waals surface area contributed by atoms with Crippen LogP contribution in [0.2, 0.25) is 0 Å². The summed E-state index contributed by atoms with van der Waals surface area (Å²) in [5.74, 6) is -0.856. The average molecular weight is 422 g/mol. The van der Waals surface area contributed by atoms with Gasteiger partial charge in [-0.1, -0.05) is 44.2 Å². The fraction of sp³-hybridized carbons (Fsp3) is 0.304. The number of fused-ring (bicyclic) bond motifs is 1. The molecule has 8 heteroatoms. The number of benzene rings is 2. The molecule has 2 atom stereocenters. The number of amides is 2. The zero-order chi connectivity index (χ0) is 22.5. The number of anilines is 1. The van der Waals surface area contributed by atoms with Gasteiger partial charge in [0.05, 0.1) is 34.3 Å². The number of aliphatic hydroxyl groups excluding tert-OH is 1. The molecule has 0 radical (unpaired) electrons. The van der Waals surface area contributed by atoms with Gasteiger partial charge in [-0.3, -0.25) is 24.9 Å². The lowest BCUT2D eigenvalue weighted by Gasteiger charge is -2.34. The number of nitrogens with one attached hydrogen (secondary N) is 2. The summed E-state index contributed by atoms with van der Waals surface area (Å²) in [4.78, 5) is 27.7. The maximum Gasteiger partial charge on any atom is 0.259 e. The maximum absolute atomic E-state index is 11.9. The Morgan fingerprint density at radius 3 is 2.48 bits per heavy atom. The molecular weight excluding hydrogens is 394 g/mol. The molecule has 162 valence electrons. The second-order valence-electron chi connectivity index (χ2n) is 7.07. The molecule has 2 unspecified atom stereocenters. The van der Waals surface area contributed by atoms with Crippen molar-refractivity contribution < 1.29 is 14.7 Å². The van der Waals surface area contributed by atoms with E-state index in [0.717, 1.165) is 5.56 Å². The molecule has 0 saturated carbocycles. The van der Waals surface area contributed by atoms with Crippen LogP contribution in [0, 0.1) is 0 Å². The Morgan fingerprint density at radius 2 is 1.84 bits per heavy atom. The van der Waals surface area contributed by atoms with Gasteiger partial charge in [0.2, 0.25) is 0 Å². The van der Waals surface area contributed by atoms with Gasteiger partial charge in [0.25, 0.3) is 11.8 Å². The summed E-state index contributed by atoms with van der Waals surface area (Å²) < 4.78 is 0. The Balaban J connectivity index is 0.00000132. The minimum Gasteiger partial charge on any atom is -0.387 e. The third-order valence-corrected chi connectivity index (χ3v) is 5.23. The minimum absolute atomic E-state index is 0.0705. The van der Waals surface area contributed by atoms with Gasteiger partial charge in [0.15, 0.2) is 0 Å². The summed E-state index contributed by atoms with van der Waals surface area (Å²) in [6.45, 7) is 8.02. The van der Waals surface area contributed by atoms with Crippen molar-refractivity contribution in [2.24, 2.45) is 10.1 Å². The molecule has 2 aliphatic rings. The molecule has 0 saturated heterocycles. The predicted octanol–water partition coefficient (Wildman–Crippen LogP) is 2.81. The molecule has 4 rings (SSSR count). The predicted molar refractivity (Wildman–Crippen MR) is 122 cm³/mol. The molecule has 0 spiro atoms. The van der Waals surface area contributed by atoms with Gasteiger partial charge in [-0.2, -0.15) is 5.10 Å². The van der Waals surface area contributed by atoms with Crippen LogP contribution in [0.1, 0.15) is 46.5 Å². The Morgan fingerprint density at radius 1 is 1.19 bits per heavy atom. The number of hydrazone groups is 1. The molecule has 8 nitrogen and oxygen atoms in total. The molecular formula is C23H27N5O3. The summed E-state index contributed by atoms with van der Waals surface area (Å²) in [6.07, 6.45) is -0.182. The summed E-state index contributed by atoms with van der Waals surface area (Å²) in [5.41, 5.74) is 3.23. The van der Waals surface area contributed by atoms with Crippen LogP contribution in [-0.2, 0) is 0 Å². The van der Waals surface area contributed by atoms with E-state index >= 15 is 0 Å². The summed E-state index contributed by atoms with van der Waals surface area (Å²) in [5, 5.41) is 22.5. The average Bonchev–Trinajstić information content (AvgIpc) is 3.07. The number of aliphatic imine (C=N–C) groups is 1. The standard InChI is InChI=1S/C21H21N5O3.C2H6/c1-22-16-9-14-15(21(29)24-20(14)28)10-17(16)23-11-13-8-18(27)19(25-26(13)2)12-6-4-3-5-7-12;1-2/h3-7,9-10,13,18,23,27H,1,8,11H2,2H3,(H,24,28,29);1-2H3. The van der Waals surface area contributed by atoms with Crippen LogP contribution in [0.3, 0.4) is 0 Å². The molecule has 31 heavy (non-hydrogen) atoms. The van der Waals surface area contributed by atoms with Crippen molar-refractivity contribution in [1.82, 2.24) is 10.3 Å². The van der Waals surface area contributed by atoms with Crippen LogP contribution < -0.4 is 10.6 Å². The Hall–Kier alpha value is -3.52. The monoisotopic (exact) mass is 421 g/mol. The largest absolute Gasteiger partial charge is 0.387 e. The van der Waals surface area contributed by atoms with Crippen LogP contribution >= 0.6 is 0 Å². The van der Waals surface area contributed by atoms with Crippen LogP contribution in [0.25, 0.3) is 0 Å². The number of nitrogens with zero attached hydrogens (tertiary/aromatic N) is 3. The lowest BCUT2D eigenvalue weighted by molar-refractivity contribution is 0.0879. The fourth-order valence-corrected chi connectivity index (χ4v) is 3.62. The molecule has 0 aliphatic carbocycles. The van der Waals surface area contributed by atoms with E-state index in [9.17, 15) is 14.7 Å². The van der Waals surface area contributed by atoms with Crippen molar-refractivity contribution in [3.8, 4) is 0 Å². The molecule has 0 aromatic heterocycles. The van der Waals surface area contributed by atoms with E-state index in [1.807, 2.05) is 56.2 Å². The van der Waals surface area contributed by atoms with E-state index in [-0.39, 0.29) is 6.04 Å². The van der Waals surface area contributed by atoms with E-state index in [2.05, 4.69) is 27.4 Å². The zero-order valence-electron chi connectivity index (χ0n) is 17.9. The van der Waals surface area contributed by atoms with Crippen LogP contribution in [0.4, 0.5) is 11.4 Å². The number of carbonyl (C=O) groups is 2. The molecule has 0 fully saturated rings. The SMILES string of the molecule is C=Nc1cc2c(cc1NCC1CC(O)C(c3ccccc3)=NN1C)C(=O)NC2=O.CC. The number of hydrogen-bond acceptors (Lipinski definition) is 7. The maximum atomic E-state index is 11.9. The van der Waals surface area contributed by atoms with Crippen molar-refractivity contribution in [2.45, 2.75) is 32.4 Å². The second-order valence-corrected chi connectivity index (χ2v) is 7.07. The summed E-state index contributed by atoms with van der Waals surface area (Å²) in [6, 6.07) is 12.7. The fourth-order valence-electron chi connectivity index (χ4n) is 3.62. The number of likely N-dealkylation sites (N-methyl/N-ethyl adjacent to an activating group) is 1. The Labute approximate surface area is 181 Å². The van der Waals surface area contributed by atoms with Crippen LogP contribution in [0.15, 0.2) is 52.6 Å². The first-order valence-electron chi connectivity index (χ1n) is 10.3. The van der Waals surface area contributed by atoms with Gasteiger partial charge in [-0.05, 0) is 18.9 Å².